The lowest BCUT2D eigenvalue weighted by molar-refractivity contribution is 0.146. The smallest absolute Gasteiger partial charge is 0.317 e. The van der Waals surface area contributed by atoms with Gasteiger partial charge in [-0.25, -0.2) is 4.79 Å². The highest BCUT2D eigenvalue weighted by Crippen LogP contribution is 2.30. The number of urea groups is 1. The molecule has 1 aromatic carbocycles. The fourth-order valence-electron chi connectivity index (χ4n) is 4.83. The molecule has 1 N–H and O–H groups in total. The molecule has 7 heteroatoms. The summed E-state index contributed by atoms with van der Waals surface area (Å²) in [6, 6.07) is 6.50. The Labute approximate surface area is 209 Å². The van der Waals surface area contributed by atoms with Gasteiger partial charge in [0.15, 0.2) is 0 Å². The monoisotopic (exact) mass is 529 g/mol. The number of nitrogens with zero attached hydrogens (tertiary/aromatic N) is 2. The van der Waals surface area contributed by atoms with Crippen molar-refractivity contribution in [2.45, 2.75) is 65.4 Å². The molecule has 2 aliphatic heterocycles. The van der Waals surface area contributed by atoms with Crippen LogP contribution < -0.4 is 10.1 Å². The van der Waals surface area contributed by atoms with E-state index < -0.39 is 0 Å². The number of carbonyl (C=O) groups excluding carboxylic acids is 1. The summed E-state index contributed by atoms with van der Waals surface area (Å²) >= 11 is 3.73. The van der Waals surface area contributed by atoms with Crippen LogP contribution in [0.3, 0.4) is 0 Å². The number of nitrogens with one attached hydrogen (secondary N) is 1. The molecule has 0 atom stereocenters. The third-order valence-corrected chi connectivity index (χ3v) is 7.46. The van der Waals surface area contributed by atoms with Gasteiger partial charge in [0.2, 0.25) is 0 Å². The molecular weight excluding hydrogens is 490 g/mol. The summed E-state index contributed by atoms with van der Waals surface area (Å²) in [6.07, 6.45) is 7.45. The first-order chi connectivity index (χ1) is 14.9. The summed E-state index contributed by atoms with van der Waals surface area (Å²) in [5, 5.41) is 2.92. The Morgan fingerprint density at radius 3 is 2.41 bits per heavy atom. The molecule has 182 valence electrons. The van der Waals surface area contributed by atoms with E-state index in [1.54, 1.807) is 0 Å². The quantitative estimate of drug-likeness (QED) is 0.466. The highest BCUT2D eigenvalue weighted by Gasteiger charge is 2.24. The average Bonchev–Trinajstić information content (AvgIpc) is 2.76. The lowest BCUT2D eigenvalue weighted by Crippen LogP contribution is -2.44. The largest absolute Gasteiger partial charge is 0.491 e. The normalized spacial score (nSPS) is 18.5. The molecule has 0 unspecified atom stereocenters. The van der Waals surface area contributed by atoms with Crippen molar-refractivity contribution in [2.75, 3.05) is 39.3 Å². The van der Waals surface area contributed by atoms with Crippen LogP contribution in [-0.4, -0.2) is 61.2 Å². The average molecular weight is 531 g/mol. The SMILES string of the molecule is CCNC(=O)N1CCC(CCN2CCC(Cc3cc(OC(C)C)ccc3Br)CC2)CC1.Cl. The second-order valence-electron chi connectivity index (χ2n) is 9.46. The van der Waals surface area contributed by atoms with E-state index in [9.17, 15) is 4.79 Å². The van der Waals surface area contributed by atoms with Crippen molar-refractivity contribution in [1.29, 1.82) is 0 Å². The van der Waals surface area contributed by atoms with Gasteiger partial charge in [-0.3, -0.25) is 0 Å². The minimum Gasteiger partial charge on any atom is -0.491 e. The number of hydrogen-bond acceptors (Lipinski definition) is 3. The number of piperidine rings is 2. The number of halogens is 2. The van der Waals surface area contributed by atoms with Crippen LogP contribution >= 0.6 is 28.3 Å². The topological polar surface area (TPSA) is 44.8 Å². The highest BCUT2D eigenvalue weighted by atomic mass is 79.9. The van der Waals surface area contributed by atoms with E-state index in [0.717, 1.165) is 49.9 Å². The Balaban J connectivity index is 0.00000363. The van der Waals surface area contributed by atoms with Crippen LogP contribution in [0.2, 0.25) is 0 Å². The van der Waals surface area contributed by atoms with E-state index in [-0.39, 0.29) is 24.5 Å². The standard InChI is InChI=1S/C25H40BrN3O2.ClH/c1-4-27-25(30)29-15-10-20(11-16-29)7-12-28-13-8-21(9-14-28)17-22-18-23(31-19(2)3)5-6-24(22)26;/h5-6,18-21H,4,7-17H2,1-3H3,(H,27,30);1H. The molecule has 0 aliphatic carbocycles. The zero-order chi connectivity index (χ0) is 22.2. The van der Waals surface area contributed by atoms with Crippen LogP contribution in [-0.2, 0) is 6.42 Å². The number of hydrogen-bond donors (Lipinski definition) is 1. The van der Waals surface area contributed by atoms with Crippen LogP contribution in [0.5, 0.6) is 5.75 Å². The van der Waals surface area contributed by atoms with Crippen LogP contribution in [0.25, 0.3) is 0 Å². The summed E-state index contributed by atoms with van der Waals surface area (Å²) in [4.78, 5) is 16.6. The minimum absolute atomic E-state index is 0. The summed E-state index contributed by atoms with van der Waals surface area (Å²) in [5.41, 5.74) is 1.37. The first-order valence-electron chi connectivity index (χ1n) is 12.1. The molecule has 0 aromatic heterocycles. The fourth-order valence-corrected chi connectivity index (χ4v) is 5.24. The van der Waals surface area contributed by atoms with Crippen LogP contribution in [0, 0.1) is 11.8 Å². The molecule has 3 rings (SSSR count). The summed E-state index contributed by atoms with van der Waals surface area (Å²) < 4.78 is 7.08. The number of carbonyl (C=O) groups is 1. The lowest BCUT2D eigenvalue weighted by Gasteiger charge is -2.35. The first kappa shape index (κ1) is 27.3. The van der Waals surface area contributed by atoms with Crippen LogP contribution in [0.1, 0.15) is 58.4 Å². The van der Waals surface area contributed by atoms with Gasteiger partial charge in [-0.2, -0.15) is 0 Å². The maximum atomic E-state index is 12.0. The highest BCUT2D eigenvalue weighted by molar-refractivity contribution is 9.10. The van der Waals surface area contributed by atoms with E-state index in [0.29, 0.717) is 6.54 Å². The predicted octanol–water partition coefficient (Wildman–Crippen LogP) is 5.74. The van der Waals surface area contributed by atoms with Crippen LogP contribution in [0.4, 0.5) is 4.79 Å². The van der Waals surface area contributed by atoms with Gasteiger partial charge in [-0.15, -0.1) is 12.4 Å². The Kier molecular flexibility index (Phi) is 11.6. The molecule has 32 heavy (non-hydrogen) atoms. The molecule has 0 bridgehead atoms. The summed E-state index contributed by atoms with van der Waals surface area (Å²) in [5.74, 6) is 2.49. The maximum absolute atomic E-state index is 12.0. The van der Waals surface area contributed by atoms with Crippen molar-refractivity contribution < 1.29 is 9.53 Å². The molecule has 2 fully saturated rings. The van der Waals surface area contributed by atoms with E-state index in [1.807, 2.05) is 11.8 Å². The molecule has 2 heterocycles. The number of rotatable bonds is 8. The van der Waals surface area contributed by atoms with Crippen molar-refractivity contribution in [3.05, 3.63) is 28.2 Å². The molecule has 2 amide bonds. The van der Waals surface area contributed by atoms with Crippen molar-refractivity contribution in [2.24, 2.45) is 11.8 Å². The Morgan fingerprint density at radius 2 is 1.78 bits per heavy atom. The lowest BCUT2D eigenvalue weighted by atomic mass is 9.89. The van der Waals surface area contributed by atoms with Gasteiger partial charge < -0.3 is 19.9 Å². The Hall–Kier alpha value is -0.980. The Bertz CT molecular complexity index is 702. The van der Waals surface area contributed by atoms with Gasteiger partial charge in [0, 0.05) is 24.1 Å². The van der Waals surface area contributed by atoms with Gasteiger partial charge in [-0.05, 0) is 115 Å². The van der Waals surface area contributed by atoms with Crippen molar-refractivity contribution in [1.82, 2.24) is 15.1 Å². The minimum atomic E-state index is 0. The summed E-state index contributed by atoms with van der Waals surface area (Å²) in [7, 11) is 0. The van der Waals surface area contributed by atoms with Crippen molar-refractivity contribution in [3.8, 4) is 5.75 Å². The Morgan fingerprint density at radius 1 is 1.12 bits per heavy atom. The van der Waals surface area contributed by atoms with Crippen molar-refractivity contribution >= 4 is 34.4 Å². The van der Waals surface area contributed by atoms with E-state index in [2.05, 4.69) is 58.2 Å². The molecule has 0 radical (unpaired) electrons. The predicted molar refractivity (Wildman–Crippen MR) is 138 cm³/mol. The number of amides is 2. The van der Waals surface area contributed by atoms with E-state index in [1.165, 1.54) is 48.9 Å². The number of likely N-dealkylation sites (tertiary alicyclic amines) is 2. The molecule has 0 spiro atoms. The van der Waals surface area contributed by atoms with Gasteiger partial charge in [-0.1, -0.05) is 15.9 Å². The zero-order valence-corrected chi connectivity index (χ0v) is 22.3. The van der Waals surface area contributed by atoms with Gasteiger partial charge in [0.1, 0.15) is 5.75 Å². The van der Waals surface area contributed by atoms with E-state index >= 15 is 0 Å². The third kappa shape index (κ3) is 8.42. The molecular formula is C25H41BrClN3O2. The van der Waals surface area contributed by atoms with Gasteiger partial charge in [0.25, 0.3) is 0 Å². The number of ether oxygens (including phenoxy) is 1. The fraction of sp³-hybridized carbons (Fsp3) is 0.720. The molecule has 5 nitrogen and oxygen atoms in total. The maximum Gasteiger partial charge on any atom is 0.317 e. The van der Waals surface area contributed by atoms with Crippen molar-refractivity contribution in [3.63, 3.8) is 0 Å². The zero-order valence-electron chi connectivity index (χ0n) is 19.9. The molecule has 1 aromatic rings. The molecule has 2 saturated heterocycles. The first-order valence-corrected chi connectivity index (χ1v) is 12.9. The molecule has 0 saturated carbocycles. The molecule has 2 aliphatic rings. The number of benzene rings is 1. The van der Waals surface area contributed by atoms with E-state index in [4.69, 9.17) is 4.74 Å². The van der Waals surface area contributed by atoms with Crippen LogP contribution in [0.15, 0.2) is 22.7 Å². The third-order valence-electron chi connectivity index (χ3n) is 6.69. The van der Waals surface area contributed by atoms with Gasteiger partial charge in [0.05, 0.1) is 6.10 Å². The van der Waals surface area contributed by atoms with Gasteiger partial charge >= 0.3 is 6.03 Å². The summed E-state index contributed by atoms with van der Waals surface area (Å²) in [6.45, 7) is 12.3. The second kappa shape index (κ2) is 13.7. The second-order valence-corrected chi connectivity index (χ2v) is 10.3.